The van der Waals surface area contributed by atoms with E-state index in [1.807, 2.05) is 0 Å². The van der Waals surface area contributed by atoms with Crippen LogP contribution in [0.4, 0.5) is 4.39 Å². The number of aromatic hydroxyl groups is 1. The van der Waals surface area contributed by atoms with Crippen LogP contribution in [0.25, 0.3) is 0 Å². The number of hydrogen-bond acceptors (Lipinski definition) is 2. The molecule has 0 aliphatic carbocycles. The predicted octanol–water partition coefficient (Wildman–Crippen LogP) is 1.65. The van der Waals surface area contributed by atoms with Crippen LogP contribution < -0.4 is 0 Å². The quantitative estimate of drug-likeness (QED) is 0.624. The van der Waals surface area contributed by atoms with Gasteiger partial charge in [-0.3, -0.25) is 4.79 Å². The maximum atomic E-state index is 12.6. The van der Waals surface area contributed by atoms with Gasteiger partial charge in [-0.05, 0) is 24.6 Å². The molecule has 0 aliphatic rings. The summed E-state index contributed by atoms with van der Waals surface area (Å²) in [4.78, 5) is 10.2. The average molecular weight is 154 g/mol. The largest absolute Gasteiger partial charge is 0.504 e. The molecule has 11 heavy (non-hydrogen) atoms. The third-order valence-corrected chi connectivity index (χ3v) is 1.36. The van der Waals surface area contributed by atoms with Crippen molar-refractivity contribution >= 4 is 6.29 Å². The Kier molecular flexibility index (Phi) is 1.89. The fourth-order valence-electron chi connectivity index (χ4n) is 0.851. The Morgan fingerprint density at radius 2 is 2.18 bits per heavy atom. The van der Waals surface area contributed by atoms with Crippen molar-refractivity contribution in [3.8, 4) is 5.75 Å². The number of benzene rings is 1. The van der Waals surface area contributed by atoms with E-state index >= 15 is 0 Å². The topological polar surface area (TPSA) is 37.3 Å². The van der Waals surface area contributed by atoms with E-state index in [4.69, 9.17) is 5.11 Å². The zero-order chi connectivity index (χ0) is 8.43. The van der Waals surface area contributed by atoms with Crippen LogP contribution in [-0.2, 0) is 0 Å². The fourth-order valence-corrected chi connectivity index (χ4v) is 0.851. The lowest BCUT2D eigenvalue weighted by atomic mass is 10.1. The molecule has 0 heterocycles. The second kappa shape index (κ2) is 2.70. The summed E-state index contributed by atoms with van der Waals surface area (Å²) in [6.07, 6.45) is 0.422. The summed E-state index contributed by atoms with van der Waals surface area (Å²) in [6.45, 7) is 1.65. The first-order chi connectivity index (χ1) is 5.15. The molecule has 0 bridgehead atoms. The number of phenols is 1. The van der Waals surface area contributed by atoms with Crippen LogP contribution in [0.1, 0.15) is 15.9 Å². The highest BCUT2D eigenvalue weighted by Gasteiger charge is 2.06. The summed E-state index contributed by atoms with van der Waals surface area (Å²) in [5.74, 6) is -1.34. The molecular weight excluding hydrogens is 147 g/mol. The molecule has 0 saturated carbocycles. The number of halogens is 1. The third kappa shape index (κ3) is 1.37. The van der Waals surface area contributed by atoms with Crippen molar-refractivity contribution in [3.63, 3.8) is 0 Å². The van der Waals surface area contributed by atoms with Crippen LogP contribution in [-0.4, -0.2) is 11.4 Å². The number of rotatable bonds is 1. The molecule has 0 amide bonds. The molecule has 1 aromatic carbocycles. The molecule has 0 aliphatic heterocycles. The average Bonchev–Trinajstić information content (AvgIpc) is 1.96. The van der Waals surface area contributed by atoms with Crippen molar-refractivity contribution in [1.29, 1.82) is 0 Å². The van der Waals surface area contributed by atoms with Crippen molar-refractivity contribution in [2.75, 3.05) is 0 Å². The van der Waals surface area contributed by atoms with Gasteiger partial charge in [0.05, 0.1) is 5.56 Å². The molecular formula is C8H7FO2. The molecule has 1 rings (SSSR count). The molecule has 0 fully saturated rings. The van der Waals surface area contributed by atoms with Crippen molar-refractivity contribution in [2.24, 2.45) is 0 Å². The zero-order valence-corrected chi connectivity index (χ0v) is 5.97. The van der Waals surface area contributed by atoms with Crippen LogP contribution in [0.15, 0.2) is 12.1 Å². The van der Waals surface area contributed by atoms with Gasteiger partial charge in [-0.1, -0.05) is 0 Å². The van der Waals surface area contributed by atoms with E-state index in [1.54, 1.807) is 6.92 Å². The maximum Gasteiger partial charge on any atom is 0.165 e. The number of hydrogen-bond donors (Lipinski definition) is 1. The molecule has 1 aromatic rings. The van der Waals surface area contributed by atoms with Crippen LogP contribution in [0.2, 0.25) is 0 Å². The lowest BCUT2D eigenvalue weighted by molar-refractivity contribution is 0.112. The minimum atomic E-state index is -0.757. The molecule has 0 aromatic heterocycles. The monoisotopic (exact) mass is 154 g/mol. The molecule has 1 N–H and O–H groups in total. The van der Waals surface area contributed by atoms with E-state index in [0.717, 1.165) is 0 Å². The van der Waals surface area contributed by atoms with Gasteiger partial charge in [0.15, 0.2) is 17.9 Å². The van der Waals surface area contributed by atoms with Crippen molar-refractivity contribution in [2.45, 2.75) is 6.92 Å². The van der Waals surface area contributed by atoms with Crippen molar-refractivity contribution in [1.82, 2.24) is 0 Å². The molecule has 58 valence electrons. The lowest BCUT2D eigenvalue weighted by Gasteiger charge is -1.99. The lowest BCUT2D eigenvalue weighted by Crippen LogP contribution is -1.87. The summed E-state index contributed by atoms with van der Waals surface area (Å²) >= 11 is 0. The summed E-state index contributed by atoms with van der Waals surface area (Å²) in [7, 11) is 0. The third-order valence-electron chi connectivity index (χ3n) is 1.36. The van der Waals surface area contributed by atoms with E-state index < -0.39 is 11.6 Å². The van der Waals surface area contributed by atoms with Crippen molar-refractivity contribution < 1.29 is 14.3 Å². The molecule has 0 radical (unpaired) electrons. The summed E-state index contributed by atoms with van der Waals surface area (Å²) < 4.78 is 12.6. The van der Waals surface area contributed by atoms with Gasteiger partial charge in [-0.15, -0.1) is 0 Å². The molecule has 2 nitrogen and oxygen atoms in total. The van der Waals surface area contributed by atoms with Crippen molar-refractivity contribution in [3.05, 3.63) is 29.1 Å². The van der Waals surface area contributed by atoms with Crippen LogP contribution >= 0.6 is 0 Å². The smallest absolute Gasteiger partial charge is 0.165 e. The normalized spacial score (nSPS) is 9.64. The Morgan fingerprint density at radius 3 is 2.73 bits per heavy atom. The van der Waals surface area contributed by atoms with E-state index in [0.29, 0.717) is 11.8 Å². The fraction of sp³-hybridized carbons (Fsp3) is 0.125. The first-order valence-electron chi connectivity index (χ1n) is 3.09. The highest BCUT2D eigenvalue weighted by molar-refractivity contribution is 5.79. The second-order valence-corrected chi connectivity index (χ2v) is 2.30. The number of carbonyl (C=O) groups excluding carboxylic acids is 1. The Bertz CT molecular complexity index is 294. The summed E-state index contributed by atoms with van der Waals surface area (Å²) in [5, 5.41) is 8.92. The molecule has 3 heteroatoms. The Hall–Kier alpha value is -1.38. The highest BCUT2D eigenvalue weighted by Crippen LogP contribution is 2.20. The Balaban J connectivity index is 3.35. The molecule has 0 unspecified atom stereocenters. The molecule has 0 atom stereocenters. The predicted molar refractivity (Wildman–Crippen MR) is 38.2 cm³/mol. The number of carbonyl (C=O) groups is 1. The minimum Gasteiger partial charge on any atom is -0.504 e. The van der Waals surface area contributed by atoms with Crippen LogP contribution in [0.5, 0.6) is 5.75 Å². The number of aldehydes is 1. The Labute approximate surface area is 63.3 Å². The maximum absolute atomic E-state index is 12.6. The number of phenolic OH excluding ortho intramolecular Hbond substituents is 1. The van der Waals surface area contributed by atoms with Gasteiger partial charge in [0, 0.05) is 0 Å². The van der Waals surface area contributed by atoms with Gasteiger partial charge >= 0.3 is 0 Å². The van der Waals surface area contributed by atoms with Gasteiger partial charge < -0.3 is 5.11 Å². The van der Waals surface area contributed by atoms with Gasteiger partial charge in [0.1, 0.15) is 0 Å². The second-order valence-electron chi connectivity index (χ2n) is 2.30. The van der Waals surface area contributed by atoms with Crippen LogP contribution in [0.3, 0.4) is 0 Å². The molecule has 0 spiro atoms. The van der Waals surface area contributed by atoms with E-state index in [-0.39, 0.29) is 5.56 Å². The van der Waals surface area contributed by atoms with E-state index in [9.17, 15) is 9.18 Å². The highest BCUT2D eigenvalue weighted by atomic mass is 19.1. The van der Waals surface area contributed by atoms with E-state index in [1.165, 1.54) is 12.1 Å². The zero-order valence-electron chi connectivity index (χ0n) is 5.97. The Morgan fingerprint density at radius 1 is 1.55 bits per heavy atom. The van der Waals surface area contributed by atoms with E-state index in [2.05, 4.69) is 0 Å². The first kappa shape index (κ1) is 7.72. The van der Waals surface area contributed by atoms with Gasteiger partial charge in [0.25, 0.3) is 0 Å². The van der Waals surface area contributed by atoms with Gasteiger partial charge in [-0.2, -0.15) is 0 Å². The van der Waals surface area contributed by atoms with Crippen LogP contribution in [0, 0.1) is 12.7 Å². The minimum absolute atomic E-state index is 0.0116. The summed E-state index contributed by atoms with van der Waals surface area (Å²) in [6, 6.07) is 2.59. The number of aryl methyl sites for hydroxylation is 1. The first-order valence-corrected chi connectivity index (χ1v) is 3.09. The summed E-state index contributed by atoms with van der Waals surface area (Å²) in [5.41, 5.74) is 0.602. The van der Waals surface area contributed by atoms with Gasteiger partial charge in [0.2, 0.25) is 0 Å². The molecule has 0 saturated heterocycles. The SMILES string of the molecule is Cc1cc(F)c(O)c(C=O)c1. The standard InChI is InChI=1S/C8H7FO2/c1-5-2-6(4-10)8(11)7(9)3-5/h2-4,11H,1H3. The van der Waals surface area contributed by atoms with Gasteiger partial charge in [-0.25, -0.2) is 4.39 Å².